The van der Waals surface area contributed by atoms with Gasteiger partial charge in [0, 0.05) is 31.9 Å². The first-order valence-corrected chi connectivity index (χ1v) is 19.1. The van der Waals surface area contributed by atoms with Crippen molar-refractivity contribution in [2.45, 2.75) is 111 Å². The number of aromatic nitrogens is 2. The van der Waals surface area contributed by atoms with Crippen molar-refractivity contribution in [2.75, 3.05) is 37.5 Å². The summed E-state index contributed by atoms with van der Waals surface area (Å²) in [6.07, 6.45) is 2.17. The van der Waals surface area contributed by atoms with Gasteiger partial charge in [-0.25, -0.2) is 23.9 Å². The molecule has 3 rings (SSSR count). The molecule has 1 aliphatic rings. The molecule has 266 valence electrons. The largest absolute Gasteiger partial charge is 0.494 e. The summed E-state index contributed by atoms with van der Waals surface area (Å²) >= 11 is 0. The van der Waals surface area contributed by atoms with Gasteiger partial charge in [-0.3, -0.25) is 4.90 Å². The Labute approximate surface area is 286 Å². The number of aryl methyl sites for hydroxylation is 1. The van der Waals surface area contributed by atoms with Gasteiger partial charge >= 0.3 is 12.2 Å². The highest BCUT2D eigenvalue weighted by atomic mass is 28.4. The summed E-state index contributed by atoms with van der Waals surface area (Å²) in [5.41, 5.74) is 0.576. The lowest BCUT2D eigenvalue weighted by molar-refractivity contribution is 0.0195. The number of hydrogen-bond acceptors (Lipinski definition) is 9. The quantitative estimate of drug-likeness (QED) is 0.286. The average molecular weight is 688 g/mol. The molecule has 1 unspecified atom stereocenters. The molecule has 0 aromatic carbocycles. The van der Waals surface area contributed by atoms with E-state index in [0.717, 1.165) is 0 Å². The number of ether oxygens (including phenoxy) is 3. The van der Waals surface area contributed by atoms with Crippen LogP contribution in [0.1, 0.15) is 80.0 Å². The molecule has 0 saturated heterocycles. The smallest absolute Gasteiger partial charge is 0.414 e. The second kappa shape index (κ2) is 14.4. The number of pyridine rings is 2. The van der Waals surface area contributed by atoms with E-state index in [1.165, 1.54) is 18.2 Å². The molecule has 0 aliphatic carbocycles. The van der Waals surface area contributed by atoms with Crippen molar-refractivity contribution < 1.29 is 32.6 Å². The van der Waals surface area contributed by atoms with Gasteiger partial charge in [0.2, 0.25) is 0 Å². The van der Waals surface area contributed by atoms with E-state index in [2.05, 4.69) is 49.1 Å². The molecule has 0 spiro atoms. The normalized spacial score (nSPS) is 16.1. The van der Waals surface area contributed by atoms with Gasteiger partial charge in [-0.1, -0.05) is 26.8 Å². The fourth-order valence-electron chi connectivity index (χ4n) is 4.76. The lowest BCUT2D eigenvalue weighted by Gasteiger charge is -2.40. The molecule has 3 heterocycles. The van der Waals surface area contributed by atoms with Crippen LogP contribution in [0.3, 0.4) is 0 Å². The van der Waals surface area contributed by atoms with Crippen LogP contribution in [-0.4, -0.2) is 79.9 Å². The monoisotopic (exact) mass is 687 g/mol. The van der Waals surface area contributed by atoms with Crippen molar-refractivity contribution in [1.82, 2.24) is 14.9 Å². The lowest BCUT2D eigenvalue weighted by Crippen LogP contribution is -2.48. The van der Waals surface area contributed by atoms with E-state index in [0.29, 0.717) is 23.4 Å². The Bertz CT molecular complexity index is 1530. The van der Waals surface area contributed by atoms with Crippen molar-refractivity contribution in [3.63, 3.8) is 0 Å². The minimum atomic E-state index is -2.30. The second-order valence-electron chi connectivity index (χ2n) is 15.7. The number of amides is 2. The number of carbonyl (C=O) groups is 2. The van der Waals surface area contributed by atoms with Crippen LogP contribution >= 0.6 is 0 Å². The van der Waals surface area contributed by atoms with E-state index in [1.54, 1.807) is 51.8 Å². The molecular formula is C35H54FN5O6Si. The van der Waals surface area contributed by atoms with E-state index in [-0.39, 0.29) is 41.1 Å². The minimum Gasteiger partial charge on any atom is -0.494 e. The standard InChI is InChI=1S/C35H54FN5O6Si/c1-22-17-24(40(11)31(42)45-33(2,3)4)19-27(38-22)39-30-29(36)28(26(44-12)20-37-30)23-15-16-41(32(43)46-34(5,6)7)21-25(18-23)47-48(13,14)35(8,9)10/h15,17,19-20,25H,16,18,21H2,1-14H3,(H,37,38,39). The fraction of sp³-hybridized carbons (Fsp3) is 0.600. The van der Waals surface area contributed by atoms with Gasteiger partial charge in [0.15, 0.2) is 20.0 Å². The Morgan fingerprint density at radius 2 is 1.67 bits per heavy atom. The summed E-state index contributed by atoms with van der Waals surface area (Å²) < 4.78 is 40.3. The van der Waals surface area contributed by atoms with Crippen LogP contribution in [0, 0.1) is 12.7 Å². The van der Waals surface area contributed by atoms with E-state index in [1.807, 2.05) is 26.8 Å². The topological polar surface area (TPSA) is 115 Å². The Hall–Kier alpha value is -3.71. The van der Waals surface area contributed by atoms with Crippen LogP contribution in [0.4, 0.5) is 31.3 Å². The number of methoxy groups -OCH3 is 1. The molecule has 2 amide bonds. The van der Waals surface area contributed by atoms with Gasteiger partial charge in [0.25, 0.3) is 0 Å². The maximum absolute atomic E-state index is 16.6. The summed E-state index contributed by atoms with van der Waals surface area (Å²) in [6.45, 7) is 23.8. The zero-order chi connectivity index (χ0) is 36.4. The number of nitrogens with zero attached hydrogens (tertiary/aromatic N) is 4. The summed E-state index contributed by atoms with van der Waals surface area (Å²) in [7, 11) is 0.759. The molecule has 1 aliphatic heterocycles. The highest BCUT2D eigenvalue weighted by Gasteiger charge is 2.41. The van der Waals surface area contributed by atoms with Gasteiger partial charge in [-0.2, -0.15) is 0 Å². The Kier molecular flexibility index (Phi) is 11.6. The molecule has 1 N–H and O–H groups in total. The third-order valence-electron chi connectivity index (χ3n) is 8.11. The predicted octanol–water partition coefficient (Wildman–Crippen LogP) is 8.46. The highest BCUT2D eigenvalue weighted by molar-refractivity contribution is 6.74. The van der Waals surface area contributed by atoms with E-state index >= 15 is 4.39 Å². The molecule has 11 nitrogen and oxygen atoms in total. The molecule has 13 heteroatoms. The number of halogens is 1. The number of nitrogens with one attached hydrogen (secondary N) is 1. The number of rotatable bonds is 7. The molecular weight excluding hydrogens is 633 g/mol. The fourth-order valence-corrected chi connectivity index (χ4v) is 6.11. The van der Waals surface area contributed by atoms with E-state index in [4.69, 9.17) is 18.6 Å². The third kappa shape index (κ3) is 10.1. The zero-order valence-electron chi connectivity index (χ0n) is 31.1. The Balaban J connectivity index is 2.04. The average Bonchev–Trinajstić information content (AvgIpc) is 3.13. The Morgan fingerprint density at radius 3 is 2.23 bits per heavy atom. The summed E-state index contributed by atoms with van der Waals surface area (Å²) in [4.78, 5) is 37.8. The van der Waals surface area contributed by atoms with Gasteiger partial charge in [-0.15, -0.1) is 0 Å². The van der Waals surface area contributed by atoms with Crippen molar-refractivity contribution >= 4 is 43.4 Å². The van der Waals surface area contributed by atoms with Crippen LogP contribution in [0.5, 0.6) is 5.75 Å². The predicted molar refractivity (Wildman–Crippen MR) is 190 cm³/mol. The summed E-state index contributed by atoms with van der Waals surface area (Å²) in [6, 6.07) is 3.35. The van der Waals surface area contributed by atoms with Crippen LogP contribution in [0.25, 0.3) is 5.57 Å². The highest BCUT2D eigenvalue weighted by Crippen LogP contribution is 2.41. The van der Waals surface area contributed by atoms with Crippen molar-refractivity contribution in [3.8, 4) is 5.75 Å². The van der Waals surface area contributed by atoms with Gasteiger partial charge in [0.05, 0.1) is 30.7 Å². The second-order valence-corrected chi connectivity index (χ2v) is 20.5. The molecule has 2 aromatic heterocycles. The molecule has 2 aromatic rings. The zero-order valence-corrected chi connectivity index (χ0v) is 32.1. The van der Waals surface area contributed by atoms with Crippen LogP contribution in [0.2, 0.25) is 18.1 Å². The van der Waals surface area contributed by atoms with E-state index in [9.17, 15) is 9.59 Å². The maximum atomic E-state index is 16.6. The first-order valence-electron chi connectivity index (χ1n) is 16.2. The van der Waals surface area contributed by atoms with Gasteiger partial charge in [-0.05, 0) is 84.7 Å². The van der Waals surface area contributed by atoms with Crippen LogP contribution in [0.15, 0.2) is 24.4 Å². The molecule has 1 atom stereocenters. The van der Waals surface area contributed by atoms with Gasteiger partial charge in [0.1, 0.15) is 22.8 Å². The summed E-state index contributed by atoms with van der Waals surface area (Å²) in [5, 5.41) is 2.91. The number of anilines is 3. The number of hydrogen-bond donors (Lipinski definition) is 1. The van der Waals surface area contributed by atoms with Crippen molar-refractivity contribution in [2.24, 2.45) is 0 Å². The van der Waals surface area contributed by atoms with Crippen molar-refractivity contribution in [3.05, 3.63) is 41.5 Å². The molecule has 48 heavy (non-hydrogen) atoms. The van der Waals surface area contributed by atoms with Gasteiger partial charge < -0.3 is 28.9 Å². The minimum absolute atomic E-state index is 0.0780. The SMILES string of the molecule is COc1cnc(Nc2cc(N(C)C(=O)OC(C)(C)C)cc(C)n2)c(F)c1C1=CCN(C(=O)OC(C)(C)C)CC(O[Si](C)(C)C(C)(C)C)C1. The molecule has 0 radical (unpaired) electrons. The Morgan fingerprint density at radius 1 is 1.04 bits per heavy atom. The molecule has 0 saturated carbocycles. The van der Waals surface area contributed by atoms with E-state index < -0.39 is 43.6 Å². The maximum Gasteiger partial charge on any atom is 0.414 e. The van der Waals surface area contributed by atoms with Crippen LogP contribution < -0.4 is 15.0 Å². The van der Waals surface area contributed by atoms with Crippen LogP contribution in [-0.2, 0) is 13.9 Å². The first kappa shape index (κ1) is 38.7. The summed E-state index contributed by atoms with van der Waals surface area (Å²) in [5.74, 6) is -0.204. The molecule has 0 bridgehead atoms. The lowest BCUT2D eigenvalue weighted by atomic mass is 9.99. The van der Waals surface area contributed by atoms with Crippen molar-refractivity contribution in [1.29, 1.82) is 0 Å². The number of carbonyl (C=O) groups excluding carboxylic acids is 2. The molecule has 0 fully saturated rings. The third-order valence-corrected chi connectivity index (χ3v) is 12.6. The first-order chi connectivity index (χ1) is 21.9.